The number of nitrogens with zero attached hydrogens (tertiary/aromatic N) is 2. The van der Waals surface area contributed by atoms with Gasteiger partial charge >= 0.3 is 0 Å². The fourth-order valence-corrected chi connectivity index (χ4v) is 6.53. The summed E-state index contributed by atoms with van der Waals surface area (Å²) in [5.41, 5.74) is 2.34. The van der Waals surface area contributed by atoms with Gasteiger partial charge in [-0.2, -0.15) is 8.75 Å². The van der Waals surface area contributed by atoms with Crippen LogP contribution in [-0.2, 0) is 0 Å². The molecule has 0 saturated carbocycles. The molecule has 118 valence electrons. The fourth-order valence-electron chi connectivity index (χ4n) is 2.70. The lowest BCUT2D eigenvalue weighted by molar-refractivity contribution is 0.634. The summed E-state index contributed by atoms with van der Waals surface area (Å²) < 4.78 is 26.2. The molecule has 0 aliphatic rings. The van der Waals surface area contributed by atoms with Crippen LogP contribution in [0.25, 0.3) is 41.3 Å². The first-order valence-corrected chi connectivity index (χ1v) is 10.6. The maximum absolute atomic E-state index is 15.1. The molecule has 4 aromatic heterocycles. The van der Waals surface area contributed by atoms with Crippen molar-refractivity contribution in [3.8, 4) is 20.9 Å². The molecule has 2 nitrogen and oxygen atoms in total. The molecular weight excluding hydrogens is 403 g/mol. The second kappa shape index (κ2) is 5.57. The molecule has 5 rings (SSSR count). The average Bonchev–Trinajstić information content (AvgIpc) is 3.32. The Morgan fingerprint density at radius 3 is 2.50 bits per heavy atom. The number of hydrogen-bond donors (Lipinski definition) is 0. The number of aromatic nitrogens is 2. The predicted octanol–water partition coefficient (Wildman–Crippen LogP) is 7.16. The van der Waals surface area contributed by atoms with E-state index in [2.05, 4.69) is 20.9 Å². The van der Waals surface area contributed by atoms with E-state index in [0.29, 0.717) is 22.2 Å². The van der Waals surface area contributed by atoms with E-state index in [4.69, 9.17) is 11.6 Å². The molecule has 0 bridgehead atoms. The zero-order chi connectivity index (χ0) is 16.3. The predicted molar refractivity (Wildman–Crippen MR) is 104 cm³/mol. The maximum atomic E-state index is 15.1. The minimum Gasteiger partial charge on any atom is -0.205 e. The highest BCUT2D eigenvalue weighted by Gasteiger charge is 2.25. The maximum Gasteiger partial charge on any atom is 0.153 e. The standard InChI is InChI=1S/C16H6ClFN2S4/c17-13-11(10-6-9-7(23-10)3-5-22-9)15-16(20-24-19-15)12(14(13)18)8-2-1-4-21-8/h1-6H. The zero-order valence-corrected chi connectivity index (χ0v) is 15.8. The van der Waals surface area contributed by atoms with Crippen molar-refractivity contribution in [3.63, 3.8) is 0 Å². The van der Waals surface area contributed by atoms with Gasteiger partial charge in [-0.05, 0) is 29.0 Å². The van der Waals surface area contributed by atoms with Crippen molar-refractivity contribution in [1.29, 1.82) is 0 Å². The molecule has 0 N–H and O–H groups in total. The molecule has 0 atom stereocenters. The van der Waals surface area contributed by atoms with E-state index in [0.717, 1.165) is 21.5 Å². The topological polar surface area (TPSA) is 25.8 Å². The first kappa shape index (κ1) is 14.9. The van der Waals surface area contributed by atoms with Crippen LogP contribution in [0.2, 0.25) is 5.02 Å². The largest absolute Gasteiger partial charge is 0.205 e. The molecule has 0 radical (unpaired) electrons. The SMILES string of the molecule is Fc1c(Cl)c(-c2cc3sccc3s2)c2nsnc2c1-c1cccs1. The van der Waals surface area contributed by atoms with Crippen LogP contribution < -0.4 is 0 Å². The molecule has 0 fully saturated rings. The molecule has 0 spiro atoms. The summed E-state index contributed by atoms with van der Waals surface area (Å²) in [6, 6.07) is 7.88. The second-order valence-corrected chi connectivity index (χ2v) is 8.96. The summed E-state index contributed by atoms with van der Waals surface area (Å²) in [5.74, 6) is -0.425. The first-order chi connectivity index (χ1) is 11.7. The molecule has 5 aromatic rings. The van der Waals surface area contributed by atoms with E-state index >= 15 is 4.39 Å². The Morgan fingerprint density at radius 1 is 0.917 bits per heavy atom. The van der Waals surface area contributed by atoms with Crippen molar-refractivity contribution in [3.05, 3.63) is 45.9 Å². The van der Waals surface area contributed by atoms with Crippen LogP contribution in [-0.4, -0.2) is 8.75 Å². The monoisotopic (exact) mass is 408 g/mol. The van der Waals surface area contributed by atoms with Gasteiger partial charge in [0.15, 0.2) is 5.82 Å². The van der Waals surface area contributed by atoms with Gasteiger partial charge in [0.25, 0.3) is 0 Å². The Bertz CT molecular complexity index is 1160. The zero-order valence-electron chi connectivity index (χ0n) is 11.7. The summed E-state index contributed by atoms with van der Waals surface area (Å²) in [7, 11) is 0. The second-order valence-electron chi connectivity index (χ2n) is 5.08. The van der Waals surface area contributed by atoms with Gasteiger partial charge in [-0.15, -0.1) is 34.0 Å². The van der Waals surface area contributed by atoms with Crippen LogP contribution in [0, 0.1) is 5.82 Å². The average molecular weight is 409 g/mol. The van der Waals surface area contributed by atoms with Crippen molar-refractivity contribution in [2.45, 2.75) is 0 Å². The Kier molecular flexibility index (Phi) is 3.46. The van der Waals surface area contributed by atoms with Gasteiger partial charge in [0.05, 0.1) is 22.3 Å². The lowest BCUT2D eigenvalue weighted by Crippen LogP contribution is -1.91. The molecule has 8 heteroatoms. The third kappa shape index (κ3) is 2.09. The van der Waals surface area contributed by atoms with E-state index in [1.807, 2.05) is 22.9 Å². The summed E-state index contributed by atoms with van der Waals surface area (Å²) >= 11 is 12.3. The minimum absolute atomic E-state index is 0.118. The molecular formula is C16H6ClFN2S4. The molecule has 0 aliphatic heterocycles. The van der Waals surface area contributed by atoms with E-state index in [9.17, 15) is 0 Å². The highest BCUT2D eigenvalue weighted by atomic mass is 35.5. The van der Waals surface area contributed by atoms with Gasteiger partial charge in [-0.3, -0.25) is 0 Å². The lowest BCUT2D eigenvalue weighted by atomic mass is 10.0. The van der Waals surface area contributed by atoms with Gasteiger partial charge in [0.2, 0.25) is 0 Å². The van der Waals surface area contributed by atoms with Crippen molar-refractivity contribution < 1.29 is 4.39 Å². The lowest BCUT2D eigenvalue weighted by Gasteiger charge is -2.09. The molecule has 0 amide bonds. The Balaban J connectivity index is 1.88. The molecule has 0 unspecified atom stereocenters. The van der Waals surface area contributed by atoms with Crippen LogP contribution in [0.1, 0.15) is 0 Å². The van der Waals surface area contributed by atoms with Crippen LogP contribution in [0.3, 0.4) is 0 Å². The van der Waals surface area contributed by atoms with Gasteiger partial charge in [-0.1, -0.05) is 17.7 Å². The van der Waals surface area contributed by atoms with E-state index in [-0.39, 0.29) is 5.02 Å². The molecule has 24 heavy (non-hydrogen) atoms. The van der Waals surface area contributed by atoms with Crippen molar-refractivity contribution in [1.82, 2.24) is 8.75 Å². The smallest absolute Gasteiger partial charge is 0.153 e. The number of fused-ring (bicyclic) bond motifs is 2. The molecule has 0 saturated heterocycles. The summed E-state index contributed by atoms with van der Waals surface area (Å²) in [5, 5.41) is 4.08. The van der Waals surface area contributed by atoms with Crippen LogP contribution >= 0.6 is 57.3 Å². The van der Waals surface area contributed by atoms with E-state index in [1.165, 1.54) is 20.7 Å². The molecule has 4 heterocycles. The first-order valence-electron chi connectivity index (χ1n) is 6.88. The number of thiophene rings is 3. The number of hydrogen-bond acceptors (Lipinski definition) is 6. The minimum atomic E-state index is -0.425. The number of benzene rings is 1. The van der Waals surface area contributed by atoms with Gasteiger partial charge in [-0.25, -0.2) is 4.39 Å². The summed E-state index contributed by atoms with van der Waals surface area (Å²) in [6.45, 7) is 0. The Labute approximate surface area is 157 Å². The van der Waals surface area contributed by atoms with Crippen molar-refractivity contribution in [2.75, 3.05) is 0 Å². The van der Waals surface area contributed by atoms with Crippen molar-refractivity contribution in [2.24, 2.45) is 0 Å². The Hall–Kier alpha value is -1.38. The van der Waals surface area contributed by atoms with Crippen LogP contribution in [0.4, 0.5) is 4.39 Å². The van der Waals surface area contributed by atoms with Gasteiger partial charge < -0.3 is 0 Å². The summed E-state index contributed by atoms with van der Waals surface area (Å²) in [6.07, 6.45) is 0. The van der Waals surface area contributed by atoms with Gasteiger partial charge in [0.1, 0.15) is 11.0 Å². The van der Waals surface area contributed by atoms with Crippen LogP contribution in [0.5, 0.6) is 0 Å². The molecule has 0 aliphatic carbocycles. The normalized spacial score (nSPS) is 11.8. The summed E-state index contributed by atoms with van der Waals surface area (Å²) in [4.78, 5) is 1.74. The fraction of sp³-hybridized carbons (Fsp3) is 0. The van der Waals surface area contributed by atoms with Gasteiger partial charge in [0, 0.05) is 24.7 Å². The third-order valence-electron chi connectivity index (χ3n) is 3.75. The highest BCUT2D eigenvalue weighted by Crippen LogP contribution is 2.47. The molecule has 1 aromatic carbocycles. The number of halogens is 2. The number of rotatable bonds is 2. The highest BCUT2D eigenvalue weighted by molar-refractivity contribution is 7.28. The van der Waals surface area contributed by atoms with E-state index < -0.39 is 5.82 Å². The quantitative estimate of drug-likeness (QED) is 0.309. The Morgan fingerprint density at radius 2 is 1.75 bits per heavy atom. The van der Waals surface area contributed by atoms with E-state index in [1.54, 1.807) is 22.7 Å². The third-order valence-corrected chi connectivity index (χ3v) is 7.63. The van der Waals surface area contributed by atoms with Crippen molar-refractivity contribution >= 4 is 77.8 Å². The van der Waals surface area contributed by atoms with Crippen LogP contribution in [0.15, 0.2) is 35.0 Å².